The first kappa shape index (κ1) is 20.1. The van der Waals surface area contributed by atoms with Crippen LogP contribution in [0.1, 0.15) is 18.1 Å². The third kappa shape index (κ3) is 4.82. The van der Waals surface area contributed by atoms with E-state index in [1.54, 1.807) is 36.4 Å². The molecule has 0 atom stereocenters. The Bertz CT molecular complexity index is 971. The van der Waals surface area contributed by atoms with E-state index in [9.17, 15) is 14.0 Å². The zero-order valence-corrected chi connectivity index (χ0v) is 16.0. The Morgan fingerprint density at radius 2 is 1.97 bits per heavy atom. The number of halogens is 1. The van der Waals surface area contributed by atoms with Crippen LogP contribution in [0.2, 0.25) is 0 Å². The van der Waals surface area contributed by atoms with Gasteiger partial charge in [-0.15, -0.1) is 6.58 Å². The van der Waals surface area contributed by atoms with Crippen molar-refractivity contribution in [3.63, 3.8) is 0 Å². The van der Waals surface area contributed by atoms with Gasteiger partial charge in [-0.2, -0.15) is 0 Å². The summed E-state index contributed by atoms with van der Waals surface area (Å²) < 4.78 is 24.7. The van der Waals surface area contributed by atoms with E-state index in [2.05, 4.69) is 11.9 Å². The summed E-state index contributed by atoms with van der Waals surface area (Å²) >= 11 is 0. The second-order valence-corrected chi connectivity index (χ2v) is 6.25. The molecule has 1 heterocycles. The van der Waals surface area contributed by atoms with E-state index in [1.165, 1.54) is 18.2 Å². The summed E-state index contributed by atoms with van der Waals surface area (Å²) in [5.74, 6) is 0.234. The number of urea groups is 1. The van der Waals surface area contributed by atoms with Crippen LogP contribution in [0.15, 0.2) is 60.8 Å². The highest BCUT2D eigenvalue weighted by atomic mass is 19.1. The third-order valence-corrected chi connectivity index (χ3v) is 4.14. The summed E-state index contributed by atoms with van der Waals surface area (Å²) in [4.78, 5) is 25.3. The number of carbonyl (C=O) groups excluding carboxylic acids is 2. The highest BCUT2D eigenvalue weighted by Crippen LogP contribution is 2.30. The summed E-state index contributed by atoms with van der Waals surface area (Å²) in [6.45, 7) is 6.12. The maximum Gasteiger partial charge on any atom is 0.329 e. The summed E-state index contributed by atoms with van der Waals surface area (Å²) in [5, 5.41) is 2.55. The minimum atomic E-state index is -0.485. The Labute approximate surface area is 168 Å². The zero-order valence-electron chi connectivity index (χ0n) is 16.0. The van der Waals surface area contributed by atoms with Gasteiger partial charge >= 0.3 is 6.03 Å². The van der Waals surface area contributed by atoms with E-state index in [1.807, 2.05) is 6.92 Å². The van der Waals surface area contributed by atoms with Crippen molar-refractivity contribution in [2.75, 3.05) is 13.2 Å². The Morgan fingerprint density at radius 1 is 1.14 bits per heavy atom. The van der Waals surface area contributed by atoms with E-state index in [0.29, 0.717) is 29.2 Å². The van der Waals surface area contributed by atoms with Crippen LogP contribution in [-0.4, -0.2) is 30.0 Å². The van der Waals surface area contributed by atoms with Gasteiger partial charge in [0.1, 0.15) is 18.1 Å². The molecule has 0 aromatic heterocycles. The lowest BCUT2D eigenvalue weighted by Crippen LogP contribution is -2.30. The summed E-state index contributed by atoms with van der Waals surface area (Å²) in [5.41, 5.74) is 1.53. The molecule has 0 radical (unpaired) electrons. The number of ether oxygens (including phenoxy) is 2. The zero-order chi connectivity index (χ0) is 20.8. The Hall–Kier alpha value is -3.61. The molecule has 0 bridgehead atoms. The van der Waals surface area contributed by atoms with Gasteiger partial charge in [0.25, 0.3) is 5.91 Å². The molecule has 3 amide bonds. The summed E-state index contributed by atoms with van der Waals surface area (Å²) in [6.07, 6.45) is 3.06. The second-order valence-electron chi connectivity index (χ2n) is 6.25. The molecule has 1 saturated heterocycles. The molecule has 2 aromatic rings. The van der Waals surface area contributed by atoms with Crippen molar-refractivity contribution in [2.45, 2.75) is 13.5 Å². The number of rotatable bonds is 8. The maximum absolute atomic E-state index is 13.3. The standard InChI is InChI=1S/C22H21FN2O4/c1-3-10-25-21(26)18(24-22(25)27)12-15-8-9-19(20(13-15)28-4-2)29-14-16-6-5-7-17(23)11-16/h3,5-9,11-13H,1,4,10,14H2,2H3,(H,24,27)/b18-12+. The Kier molecular flexibility index (Phi) is 6.29. The molecule has 1 fully saturated rings. The Morgan fingerprint density at radius 3 is 2.69 bits per heavy atom. The molecular weight excluding hydrogens is 375 g/mol. The minimum absolute atomic E-state index is 0.138. The summed E-state index contributed by atoms with van der Waals surface area (Å²) in [6, 6.07) is 10.8. The molecule has 1 N–H and O–H groups in total. The van der Waals surface area contributed by atoms with Crippen LogP contribution in [0.5, 0.6) is 11.5 Å². The van der Waals surface area contributed by atoms with Crippen molar-refractivity contribution in [1.82, 2.24) is 10.2 Å². The fourth-order valence-electron chi connectivity index (χ4n) is 2.82. The van der Waals surface area contributed by atoms with E-state index >= 15 is 0 Å². The predicted octanol–water partition coefficient (Wildman–Crippen LogP) is 3.88. The van der Waals surface area contributed by atoms with Gasteiger partial charge in [0, 0.05) is 6.54 Å². The van der Waals surface area contributed by atoms with Crippen molar-refractivity contribution in [1.29, 1.82) is 0 Å². The van der Waals surface area contributed by atoms with Gasteiger partial charge in [0.2, 0.25) is 0 Å². The molecule has 0 unspecified atom stereocenters. The normalized spacial score (nSPS) is 14.8. The molecular formula is C22H21FN2O4. The third-order valence-electron chi connectivity index (χ3n) is 4.14. The second kappa shape index (κ2) is 9.05. The molecule has 0 spiro atoms. The topological polar surface area (TPSA) is 67.9 Å². The van der Waals surface area contributed by atoms with Crippen LogP contribution < -0.4 is 14.8 Å². The van der Waals surface area contributed by atoms with Crippen molar-refractivity contribution in [2.24, 2.45) is 0 Å². The van der Waals surface area contributed by atoms with E-state index in [-0.39, 0.29) is 24.7 Å². The van der Waals surface area contributed by atoms with Crippen LogP contribution in [0.4, 0.5) is 9.18 Å². The van der Waals surface area contributed by atoms with Gasteiger partial charge in [-0.25, -0.2) is 9.18 Å². The largest absolute Gasteiger partial charge is 0.490 e. The van der Waals surface area contributed by atoms with Crippen LogP contribution in [0.25, 0.3) is 6.08 Å². The van der Waals surface area contributed by atoms with Gasteiger partial charge in [0.15, 0.2) is 11.5 Å². The molecule has 0 saturated carbocycles. The van der Waals surface area contributed by atoms with E-state index in [4.69, 9.17) is 9.47 Å². The molecule has 7 heteroatoms. The number of carbonyl (C=O) groups is 2. The smallest absolute Gasteiger partial charge is 0.329 e. The number of amides is 3. The number of imide groups is 1. The molecule has 0 aliphatic carbocycles. The first-order valence-electron chi connectivity index (χ1n) is 9.11. The maximum atomic E-state index is 13.3. The van der Waals surface area contributed by atoms with Crippen molar-refractivity contribution in [3.8, 4) is 11.5 Å². The van der Waals surface area contributed by atoms with Crippen LogP contribution in [0.3, 0.4) is 0 Å². The van der Waals surface area contributed by atoms with Crippen molar-refractivity contribution < 1.29 is 23.5 Å². The molecule has 1 aliphatic rings. The molecule has 150 valence electrons. The first-order chi connectivity index (χ1) is 14.0. The Balaban J connectivity index is 1.79. The van der Waals surface area contributed by atoms with Crippen molar-refractivity contribution >= 4 is 18.0 Å². The highest BCUT2D eigenvalue weighted by Gasteiger charge is 2.32. The number of hydrogen-bond acceptors (Lipinski definition) is 4. The van der Waals surface area contributed by atoms with Gasteiger partial charge < -0.3 is 14.8 Å². The molecule has 3 rings (SSSR count). The highest BCUT2D eigenvalue weighted by molar-refractivity contribution is 6.14. The average Bonchev–Trinajstić information content (AvgIpc) is 2.95. The molecule has 6 nitrogen and oxygen atoms in total. The molecule has 29 heavy (non-hydrogen) atoms. The quantitative estimate of drug-likeness (QED) is 0.418. The monoisotopic (exact) mass is 396 g/mol. The molecule has 2 aromatic carbocycles. The van der Waals surface area contributed by atoms with Crippen LogP contribution in [-0.2, 0) is 11.4 Å². The fraction of sp³-hybridized carbons (Fsp3) is 0.182. The fourth-order valence-corrected chi connectivity index (χ4v) is 2.82. The van der Waals surface area contributed by atoms with Crippen LogP contribution >= 0.6 is 0 Å². The first-order valence-corrected chi connectivity index (χ1v) is 9.11. The molecule has 1 aliphatic heterocycles. The van der Waals surface area contributed by atoms with Gasteiger partial charge in [-0.3, -0.25) is 9.69 Å². The lowest BCUT2D eigenvalue weighted by Gasteiger charge is -2.13. The van der Waals surface area contributed by atoms with Gasteiger partial charge in [-0.05, 0) is 48.4 Å². The lowest BCUT2D eigenvalue weighted by atomic mass is 10.1. The lowest BCUT2D eigenvalue weighted by molar-refractivity contribution is -0.122. The number of nitrogens with one attached hydrogen (secondary N) is 1. The SMILES string of the molecule is C=CCN1C(=O)N/C(=C/c2ccc(OCc3cccc(F)c3)c(OCC)c2)C1=O. The number of benzene rings is 2. The number of hydrogen-bond donors (Lipinski definition) is 1. The van der Waals surface area contributed by atoms with E-state index < -0.39 is 11.9 Å². The van der Waals surface area contributed by atoms with Crippen molar-refractivity contribution in [3.05, 3.63) is 77.8 Å². The van der Waals surface area contributed by atoms with Gasteiger partial charge in [0.05, 0.1) is 6.61 Å². The minimum Gasteiger partial charge on any atom is -0.490 e. The van der Waals surface area contributed by atoms with Crippen LogP contribution in [0, 0.1) is 5.82 Å². The summed E-state index contributed by atoms with van der Waals surface area (Å²) in [7, 11) is 0. The van der Waals surface area contributed by atoms with Gasteiger partial charge in [-0.1, -0.05) is 24.3 Å². The predicted molar refractivity (Wildman–Crippen MR) is 107 cm³/mol. The number of nitrogens with zero attached hydrogens (tertiary/aromatic N) is 1. The van der Waals surface area contributed by atoms with E-state index in [0.717, 1.165) is 4.90 Å². The average molecular weight is 396 g/mol.